The van der Waals surface area contributed by atoms with E-state index in [-0.39, 0.29) is 12.1 Å². The Bertz CT molecular complexity index is 1380. The number of rotatable bonds is 4. The van der Waals surface area contributed by atoms with Crippen LogP contribution in [-0.2, 0) is 0 Å². The maximum atomic E-state index is 6.58. The van der Waals surface area contributed by atoms with Gasteiger partial charge >= 0.3 is 0 Å². The average Bonchev–Trinajstić information content (AvgIpc) is 3.54. The zero-order chi connectivity index (χ0) is 22.5. The van der Waals surface area contributed by atoms with Crippen molar-refractivity contribution in [2.24, 2.45) is 0 Å². The Labute approximate surface area is 199 Å². The molecule has 0 radical (unpaired) electrons. The lowest BCUT2D eigenvalue weighted by Gasteiger charge is -2.38. The average molecular weight is 479 g/mol. The van der Waals surface area contributed by atoms with Crippen LogP contribution in [0.25, 0.3) is 5.70 Å². The van der Waals surface area contributed by atoms with Crippen LogP contribution < -0.4 is 19.5 Å². The van der Waals surface area contributed by atoms with Gasteiger partial charge in [-0.05, 0) is 47.3 Å². The van der Waals surface area contributed by atoms with E-state index in [0.717, 1.165) is 33.0 Å². The molecule has 4 heterocycles. The standard InChI is InChI=1S/C24H19ClN4O3S/c1-30-17-7-5-13(10-18(17)31-2)22-20-21(28-24-26-12-27-29(22)24)15-11-14(25)6-8-16(15)32-23(20)19-4-3-9-33-19/h3-12,22-23H,1-2H3,(H,26,27,28)/t22-,23-/m1/s1. The van der Waals surface area contributed by atoms with E-state index >= 15 is 0 Å². The largest absolute Gasteiger partial charge is 0.493 e. The van der Waals surface area contributed by atoms with E-state index in [1.165, 1.54) is 0 Å². The first-order valence-electron chi connectivity index (χ1n) is 10.3. The van der Waals surface area contributed by atoms with Crippen molar-refractivity contribution in [2.75, 3.05) is 19.5 Å². The summed E-state index contributed by atoms with van der Waals surface area (Å²) in [5, 5.41) is 10.7. The minimum Gasteiger partial charge on any atom is -0.493 e. The van der Waals surface area contributed by atoms with E-state index in [2.05, 4.69) is 26.8 Å². The summed E-state index contributed by atoms with van der Waals surface area (Å²) in [4.78, 5) is 5.56. The Morgan fingerprint density at radius 3 is 2.76 bits per heavy atom. The van der Waals surface area contributed by atoms with Gasteiger partial charge in [-0.2, -0.15) is 10.1 Å². The van der Waals surface area contributed by atoms with Crippen molar-refractivity contribution in [2.45, 2.75) is 12.1 Å². The fourth-order valence-electron chi connectivity index (χ4n) is 4.46. The number of nitrogens with one attached hydrogen (secondary N) is 1. The second kappa shape index (κ2) is 7.83. The number of hydrogen-bond donors (Lipinski definition) is 1. The van der Waals surface area contributed by atoms with Gasteiger partial charge in [0, 0.05) is 21.0 Å². The summed E-state index contributed by atoms with van der Waals surface area (Å²) >= 11 is 8.04. The molecule has 2 aliphatic heterocycles. The molecule has 0 saturated heterocycles. The van der Waals surface area contributed by atoms with Gasteiger partial charge in [0.25, 0.3) is 0 Å². The van der Waals surface area contributed by atoms with Crippen molar-refractivity contribution in [1.29, 1.82) is 0 Å². The third-order valence-corrected chi connectivity index (χ3v) is 7.05. The maximum absolute atomic E-state index is 6.58. The zero-order valence-corrected chi connectivity index (χ0v) is 19.4. The molecule has 7 nitrogen and oxygen atoms in total. The number of benzene rings is 2. The predicted octanol–water partition coefficient (Wildman–Crippen LogP) is 5.57. The van der Waals surface area contributed by atoms with Crippen molar-refractivity contribution in [1.82, 2.24) is 14.8 Å². The minimum absolute atomic E-state index is 0.280. The summed E-state index contributed by atoms with van der Waals surface area (Å²) in [6, 6.07) is 15.4. The SMILES string of the molecule is COc1ccc([C@@H]2C3=C(Nc4ncnn42)c2cc(Cl)ccc2O[C@@H]3c2cccs2)cc1OC. The van der Waals surface area contributed by atoms with Crippen LogP contribution in [0.4, 0.5) is 5.95 Å². The topological polar surface area (TPSA) is 70.4 Å². The predicted molar refractivity (Wildman–Crippen MR) is 127 cm³/mol. The van der Waals surface area contributed by atoms with E-state index in [0.29, 0.717) is 22.5 Å². The molecule has 0 unspecified atom stereocenters. The van der Waals surface area contributed by atoms with E-state index in [1.807, 2.05) is 47.1 Å². The number of nitrogens with zero attached hydrogens (tertiary/aromatic N) is 3. The summed E-state index contributed by atoms with van der Waals surface area (Å²) in [5.74, 6) is 2.72. The molecule has 0 fully saturated rings. The smallest absolute Gasteiger partial charge is 0.226 e. The van der Waals surface area contributed by atoms with Gasteiger partial charge in [0.2, 0.25) is 5.95 Å². The molecule has 1 N–H and O–H groups in total. The van der Waals surface area contributed by atoms with Crippen molar-refractivity contribution in [3.05, 3.63) is 86.8 Å². The quantitative estimate of drug-likeness (QED) is 0.413. The maximum Gasteiger partial charge on any atom is 0.226 e. The van der Waals surface area contributed by atoms with Crippen LogP contribution in [0.15, 0.2) is 65.8 Å². The first kappa shape index (κ1) is 20.1. The monoisotopic (exact) mass is 478 g/mol. The highest BCUT2D eigenvalue weighted by atomic mass is 35.5. The Morgan fingerprint density at radius 2 is 1.97 bits per heavy atom. The zero-order valence-electron chi connectivity index (χ0n) is 17.8. The van der Waals surface area contributed by atoms with Gasteiger partial charge in [0.15, 0.2) is 17.6 Å². The van der Waals surface area contributed by atoms with Gasteiger partial charge in [-0.25, -0.2) is 4.68 Å². The lowest BCUT2D eigenvalue weighted by atomic mass is 9.86. The third-order valence-electron chi connectivity index (χ3n) is 5.90. The number of anilines is 1. The number of fused-ring (bicyclic) bond motifs is 3. The van der Waals surface area contributed by atoms with Crippen molar-refractivity contribution in [3.8, 4) is 17.2 Å². The molecule has 2 aliphatic rings. The summed E-state index contributed by atoms with van der Waals surface area (Å²) in [6.07, 6.45) is 1.24. The molecule has 9 heteroatoms. The third kappa shape index (κ3) is 3.17. The molecular formula is C24H19ClN4O3S. The molecule has 6 rings (SSSR count). The van der Waals surface area contributed by atoms with Crippen LogP contribution in [0.5, 0.6) is 17.2 Å². The van der Waals surface area contributed by atoms with Gasteiger partial charge in [-0.1, -0.05) is 23.7 Å². The van der Waals surface area contributed by atoms with Crippen molar-refractivity contribution >= 4 is 34.6 Å². The Morgan fingerprint density at radius 1 is 1.09 bits per heavy atom. The normalized spacial score (nSPS) is 18.5. The second-order valence-corrected chi connectivity index (χ2v) is 9.07. The molecule has 2 atom stereocenters. The fraction of sp³-hybridized carbons (Fsp3) is 0.167. The molecular weight excluding hydrogens is 460 g/mol. The molecule has 166 valence electrons. The van der Waals surface area contributed by atoms with Crippen LogP contribution in [-0.4, -0.2) is 29.0 Å². The number of ether oxygens (including phenoxy) is 3. The first-order chi connectivity index (χ1) is 16.2. The highest BCUT2D eigenvalue weighted by Gasteiger charge is 2.41. The molecule has 0 aliphatic carbocycles. The van der Waals surface area contributed by atoms with Gasteiger partial charge < -0.3 is 19.5 Å². The molecule has 2 aromatic heterocycles. The highest BCUT2D eigenvalue weighted by Crippen LogP contribution is 2.52. The fourth-order valence-corrected chi connectivity index (χ4v) is 5.41. The van der Waals surface area contributed by atoms with Gasteiger partial charge in [0.05, 0.1) is 19.9 Å². The van der Waals surface area contributed by atoms with Crippen LogP contribution in [0, 0.1) is 0 Å². The number of methoxy groups -OCH3 is 2. The molecule has 0 amide bonds. The van der Waals surface area contributed by atoms with Crippen LogP contribution in [0.2, 0.25) is 5.02 Å². The van der Waals surface area contributed by atoms with Crippen molar-refractivity contribution < 1.29 is 14.2 Å². The first-order valence-corrected chi connectivity index (χ1v) is 11.6. The molecule has 0 bridgehead atoms. The number of thiophene rings is 1. The molecule has 0 spiro atoms. The van der Waals surface area contributed by atoms with Crippen LogP contribution in [0.1, 0.15) is 28.1 Å². The summed E-state index contributed by atoms with van der Waals surface area (Å²) in [7, 11) is 3.26. The highest BCUT2D eigenvalue weighted by molar-refractivity contribution is 7.10. The Kier molecular flexibility index (Phi) is 4.78. The summed E-state index contributed by atoms with van der Waals surface area (Å²) in [6.45, 7) is 0. The summed E-state index contributed by atoms with van der Waals surface area (Å²) < 4.78 is 19.5. The van der Waals surface area contributed by atoms with E-state index in [1.54, 1.807) is 31.9 Å². The van der Waals surface area contributed by atoms with Crippen molar-refractivity contribution in [3.63, 3.8) is 0 Å². The van der Waals surface area contributed by atoms with E-state index in [9.17, 15) is 0 Å². The molecule has 4 aromatic rings. The minimum atomic E-state index is -0.309. The second-order valence-electron chi connectivity index (χ2n) is 7.65. The Balaban J connectivity index is 1.63. The van der Waals surface area contributed by atoms with E-state index < -0.39 is 0 Å². The molecule has 0 saturated carbocycles. The van der Waals surface area contributed by atoms with Gasteiger partial charge in [-0.15, -0.1) is 11.3 Å². The molecule has 2 aromatic carbocycles. The number of halogens is 1. The van der Waals surface area contributed by atoms with E-state index in [4.69, 9.17) is 25.8 Å². The van der Waals surface area contributed by atoms with Crippen LogP contribution >= 0.6 is 22.9 Å². The Hall–Kier alpha value is -3.49. The van der Waals surface area contributed by atoms with Gasteiger partial charge in [-0.3, -0.25) is 0 Å². The lowest BCUT2D eigenvalue weighted by Crippen LogP contribution is -2.32. The number of hydrogen-bond acceptors (Lipinski definition) is 7. The van der Waals surface area contributed by atoms with Crippen LogP contribution in [0.3, 0.4) is 0 Å². The lowest BCUT2D eigenvalue weighted by molar-refractivity contribution is 0.226. The number of aromatic nitrogens is 3. The van der Waals surface area contributed by atoms with Gasteiger partial charge in [0.1, 0.15) is 18.1 Å². The molecule has 33 heavy (non-hydrogen) atoms. The summed E-state index contributed by atoms with van der Waals surface area (Å²) in [5.41, 5.74) is 3.82.